The van der Waals surface area contributed by atoms with Crippen LogP contribution >= 0.6 is 11.6 Å². The third kappa shape index (κ3) is 7.91. The van der Waals surface area contributed by atoms with Gasteiger partial charge in [-0.15, -0.1) is 0 Å². The molecule has 50 heavy (non-hydrogen) atoms. The summed E-state index contributed by atoms with van der Waals surface area (Å²) in [6.07, 6.45) is 8.96. The molecule has 3 aromatic rings. The predicted molar refractivity (Wildman–Crippen MR) is 183 cm³/mol. The molecule has 2 aliphatic rings. The molecule has 15 heteroatoms. The second-order valence-corrected chi connectivity index (χ2v) is 13.7. The molecule has 1 aromatic carbocycles. The molecule has 2 amide bonds. The van der Waals surface area contributed by atoms with Crippen molar-refractivity contribution in [1.82, 2.24) is 35.3 Å². The van der Waals surface area contributed by atoms with E-state index in [4.69, 9.17) is 21.7 Å². The van der Waals surface area contributed by atoms with Crippen LogP contribution in [-0.2, 0) is 9.53 Å². The molecular formula is C35H38ClF3N8O3. The Hall–Kier alpha value is -4.98. The first-order chi connectivity index (χ1) is 23.6. The second-order valence-electron chi connectivity index (χ2n) is 13.3. The topological polar surface area (TPSA) is 138 Å². The number of carbonyl (C=O) groups is 2. The number of alkyl halides is 2. The summed E-state index contributed by atoms with van der Waals surface area (Å²) >= 11 is 6.54. The van der Waals surface area contributed by atoms with Crippen molar-refractivity contribution in [2.45, 2.75) is 71.1 Å². The number of rotatable bonds is 12. The van der Waals surface area contributed by atoms with E-state index >= 15 is 4.39 Å². The zero-order valence-electron chi connectivity index (χ0n) is 28.0. The number of nitrogens with zero attached hydrogens (tertiary/aromatic N) is 5. The number of nitrogens with one attached hydrogen (secondary N) is 3. The van der Waals surface area contributed by atoms with E-state index in [0.717, 1.165) is 30.0 Å². The maximum atomic E-state index is 16.3. The minimum Gasteiger partial charge on any atom is -0.447 e. The summed E-state index contributed by atoms with van der Waals surface area (Å²) in [6, 6.07) is 5.48. The van der Waals surface area contributed by atoms with Crippen molar-refractivity contribution in [1.29, 1.82) is 5.41 Å². The number of alkyl carbamates (subject to hydrolysis) is 1. The van der Waals surface area contributed by atoms with Gasteiger partial charge in [0.15, 0.2) is 11.8 Å². The van der Waals surface area contributed by atoms with Crippen LogP contribution in [0, 0.1) is 10.8 Å². The summed E-state index contributed by atoms with van der Waals surface area (Å²) in [4.78, 5) is 37.2. The summed E-state index contributed by atoms with van der Waals surface area (Å²) < 4.78 is 48.8. The van der Waals surface area contributed by atoms with E-state index in [9.17, 15) is 18.4 Å². The molecule has 0 unspecified atom stereocenters. The lowest BCUT2D eigenvalue weighted by molar-refractivity contribution is -0.133. The number of guanidine groups is 1. The van der Waals surface area contributed by atoms with Gasteiger partial charge in [-0.2, -0.15) is 13.9 Å². The molecule has 11 nitrogen and oxygen atoms in total. The molecule has 1 saturated carbocycles. The Bertz CT molecular complexity index is 1850. The fraction of sp³-hybridized carbons (Fsp3) is 0.371. The first kappa shape index (κ1) is 36.3. The number of aromatic nitrogens is 4. The quantitative estimate of drug-likeness (QED) is 0.167. The zero-order valence-corrected chi connectivity index (χ0v) is 28.8. The highest BCUT2D eigenvalue weighted by atomic mass is 35.5. The molecule has 0 bridgehead atoms. The first-order valence-electron chi connectivity index (χ1n) is 15.9. The van der Waals surface area contributed by atoms with Crippen molar-refractivity contribution in [3.63, 3.8) is 0 Å². The lowest BCUT2D eigenvalue weighted by Crippen LogP contribution is -2.51. The fourth-order valence-electron chi connectivity index (χ4n) is 5.77. The highest BCUT2D eigenvalue weighted by Crippen LogP contribution is 2.43. The number of amides is 2. The highest BCUT2D eigenvalue weighted by Gasteiger charge is 2.56. The van der Waals surface area contributed by atoms with E-state index in [1.807, 2.05) is 20.8 Å². The molecular weight excluding hydrogens is 673 g/mol. The lowest BCUT2D eigenvalue weighted by atomic mass is 9.75. The van der Waals surface area contributed by atoms with Crippen LogP contribution in [0.4, 0.5) is 18.0 Å². The van der Waals surface area contributed by atoms with Crippen LogP contribution in [0.3, 0.4) is 0 Å². The summed E-state index contributed by atoms with van der Waals surface area (Å²) in [7, 11) is 0. The monoisotopic (exact) mass is 710 g/mol. The van der Waals surface area contributed by atoms with Crippen LogP contribution in [0.1, 0.15) is 70.7 Å². The van der Waals surface area contributed by atoms with Crippen molar-refractivity contribution in [2.24, 2.45) is 5.41 Å². The molecule has 0 spiro atoms. The second kappa shape index (κ2) is 14.5. The molecule has 2 atom stereocenters. The average molecular weight is 711 g/mol. The van der Waals surface area contributed by atoms with Crippen molar-refractivity contribution < 1.29 is 27.5 Å². The summed E-state index contributed by atoms with van der Waals surface area (Å²) in [5.41, 5.74) is -1.39. The van der Waals surface area contributed by atoms with Gasteiger partial charge < -0.3 is 15.4 Å². The predicted octanol–water partition coefficient (Wildman–Crippen LogP) is 7.37. The average Bonchev–Trinajstić information content (AvgIpc) is 3.67. The Morgan fingerprint density at radius 3 is 2.58 bits per heavy atom. The summed E-state index contributed by atoms with van der Waals surface area (Å²) in [5.74, 6) is -1.68. The number of allylic oxidation sites excluding steroid dienone is 3. The Kier molecular flexibility index (Phi) is 10.5. The maximum Gasteiger partial charge on any atom is 0.407 e. The van der Waals surface area contributed by atoms with Crippen LogP contribution in [0.25, 0.3) is 17.0 Å². The van der Waals surface area contributed by atoms with E-state index in [-0.39, 0.29) is 41.7 Å². The maximum absolute atomic E-state index is 16.3. The molecule has 1 aliphatic carbocycles. The third-order valence-electron chi connectivity index (χ3n) is 8.25. The van der Waals surface area contributed by atoms with Gasteiger partial charge in [-0.3, -0.25) is 15.1 Å². The Morgan fingerprint density at radius 2 is 1.98 bits per heavy atom. The number of carbonyl (C=O) groups excluding carboxylic acids is 2. The van der Waals surface area contributed by atoms with Gasteiger partial charge in [0.25, 0.3) is 5.91 Å². The van der Waals surface area contributed by atoms with E-state index in [0.29, 0.717) is 26.7 Å². The van der Waals surface area contributed by atoms with Crippen molar-refractivity contribution in [2.75, 3.05) is 6.61 Å². The van der Waals surface area contributed by atoms with Gasteiger partial charge in [-0.1, -0.05) is 51.1 Å². The van der Waals surface area contributed by atoms with Crippen molar-refractivity contribution in [3.05, 3.63) is 95.3 Å². The number of halogens is 4. The van der Waals surface area contributed by atoms with Crippen molar-refractivity contribution in [3.8, 4) is 11.4 Å². The Morgan fingerprint density at radius 1 is 1.28 bits per heavy atom. The standard InChI is InChI=1S/C35H38ClF3N8O3/c1-6-21(23-16-43-46(17-23)31(38)39)15-27(37)20(2)35(19-34(3,4)5)30(48)47(32(40)45-35)28(18-50-33(49)44-24-9-10-24)22-8-11-26(36)25(14-22)29-41-12-7-13-42-29/h6-8,11-17,24,28,31H,2,9-10,18-19H2,1,3-5H3,(H2,40,45)(H,44,49)/b21-6+,27-15+/t28-,35-/m1/s1. The number of hydrogen-bond acceptors (Lipinski definition) is 7. The summed E-state index contributed by atoms with van der Waals surface area (Å²) in [6.45, 7) is 7.92. The lowest BCUT2D eigenvalue weighted by Gasteiger charge is -2.35. The molecule has 0 radical (unpaired) electrons. The molecule has 264 valence electrons. The minimum atomic E-state index is -2.88. The van der Waals surface area contributed by atoms with Gasteiger partial charge >= 0.3 is 12.6 Å². The van der Waals surface area contributed by atoms with Gasteiger partial charge in [0.05, 0.1) is 17.3 Å². The SMILES string of the molecule is C=C(/C(F)=C\C(=C/C)c1cnn(C(F)F)c1)[C@@]1(CC(C)(C)C)NC(=N)N([C@H](COC(=O)NC2CC2)c2ccc(Cl)c(-c3ncccn3)c2)C1=O. The third-order valence-corrected chi connectivity index (χ3v) is 8.58. The number of hydrogen-bond donors (Lipinski definition) is 3. The van der Waals surface area contributed by atoms with Gasteiger partial charge in [0.1, 0.15) is 18.0 Å². The molecule has 3 heterocycles. The summed E-state index contributed by atoms with van der Waals surface area (Å²) in [5, 5.41) is 18.7. The Labute approximate surface area is 292 Å². The van der Waals surface area contributed by atoms with Gasteiger partial charge in [0, 0.05) is 41.3 Å². The molecule has 1 aliphatic heterocycles. The molecule has 5 rings (SSSR count). The first-order valence-corrected chi connectivity index (χ1v) is 16.3. The molecule has 3 N–H and O–H groups in total. The fourth-order valence-corrected chi connectivity index (χ4v) is 5.97. The van der Waals surface area contributed by atoms with Crippen LogP contribution in [0.5, 0.6) is 0 Å². The molecule has 1 saturated heterocycles. The van der Waals surface area contributed by atoms with Crippen LogP contribution in [0.15, 0.2) is 79.2 Å². The zero-order chi connectivity index (χ0) is 36.4. The largest absolute Gasteiger partial charge is 0.447 e. The smallest absolute Gasteiger partial charge is 0.407 e. The molecule has 2 aromatic heterocycles. The van der Waals surface area contributed by atoms with Gasteiger partial charge in [-0.25, -0.2) is 23.8 Å². The van der Waals surface area contributed by atoms with Crippen LogP contribution in [-0.4, -0.2) is 60.8 Å². The van der Waals surface area contributed by atoms with Gasteiger partial charge in [-0.05, 0) is 67.0 Å². The van der Waals surface area contributed by atoms with Crippen LogP contribution in [0.2, 0.25) is 5.02 Å². The highest BCUT2D eigenvalue weighted by molar-refractivity contribution is 6.33. The van der Waals surface area contributed by atoms with E-state index in [1.54, 1.807) is 43.6 Å². The van der Waals surface area contributed by atoms with E-state index < -0.39 is 41.4 Å². The minimum absolute atomic E-state index is 0.00572. The van der Waals surface area contributed by atoms with E-state index in [2.05, 4.69) is 32.3 Å². The van der Waals surface area contributed by atoms with Crippen LogP contribution < -0.4 is 10.6 Å². The Balaban J connectivity index is 1.55. The van der Waals surface area contributed by atoms with Crippen molar-refractivity contribution >= 4 is 35.1 Å². The number of benzene rings is 1. The molecule has 2 fully saturated rings. The van der Waals surface area contributed by atoms with Gasteiger partial charge in [0.2, 0.25) is 0 Å². The normalized spacial score (nSPS) is 19.1. The van der Waals surface area contributed by atoms with E-state index in [1.165, 1.54) is 12.3 Å². The number of ether oxygens (including phenoxy) is 1.